The Bertz CT molecular complexity index is 418. The third kappa shape index (κ3) is 4.06. The van der Waals surface area contributed by atoms with Gasteiger partial charge in [0.2, 0.25) is 0 Å². The molecule has 0 spiro atoms. The third-order valence-electron chi connectivity index (χ3n) is 2.81. The van der Waals surface area contributed by atoms with Crippen molar-refractivity contribution < 1.29 is 14.3 Å². The highest BCUT2D eigenvalue weighted by atomic mass is 16.5. The largest absolute Gasteiger partial charge is 0.493 e. The Labute approximate surface area is 115 Å². The molecule has 0 radical (unpaired) electrons. The van der Waals surface area contributed by atoms with E-state index in [0.29, 0.717) is 24.5 Å². The van der Waals surface area contributed by atoms with Crippen LogP contribution in [0, 0.1) is 5.41 Å². The van der Waals surface area contributed by atoms with E-state index in [1.807, 2.05) is 52.8 Å². The molecular weight excluding hydrogens is 240 g/mol. The summed E-state index contributed by atoms with van der Waals surface area (Å²) in [5, 5.41) is 0. The van der Waals surface area contributed by atoms with Gasteiger partial charge in [0.05, 0.1) is 12.2 Å². The second-order valence-electron chi connectivity index (χ2n) is 5.49. The van der Waals surface area contributed by atoms with Gasteiger partial charge < -0.3 is 9.47 Å². The van der Waals surface area contributed by atoms with Crippen molar-refractivity contribution in [3.8, 4) is 5.75 Å². The van der Waals surface area contributed by atoms with E-state index in [0.717, 1.165) is 0 Å². The van der Waals surface area contributed by atoms with Crippen LogP contribution in [0.3, 0.4) is 0 Å². The fraction of sp³-hybridized carbons (Fsp3) is 0.562. The Morgan fingerprint density at radius 2 is 1.79 bits per heavy atom. The number of hydrogen-bond acceptors (Lipinski definition) is 3. The molecule has 0 aromatic heterocycles. The predicted octanol–water partition coefficient (Wildman–Crippen LogP) is 3.72. The highest BCUT2D eigenvalue weighted by Gasteiger charge is 2.33. The van der Waals surface area contributed by atoms with Crippen LogP contribution in [0.15, 0.2) is 24.3 Å². The second kappa shape index (κ2) is 6.71. The molecule has 0 saturated carbocycles. The van der Waals surface area contributed by atoms with Gasteiger partial charge in [-0.2, -0.15) is 0 Å². The molecule has 106 valence electrons. The Hall–Kier alpha value is -1.35. The number of carbonyl (C=O) groups excluding carboxylic acids is 1. The van der Waals surface area contributed by atoms with Crippen molar-refractivity contribution in [2.24, 2.45) is 5.41 Å². The predicted molar refractivity (Wildman–Crippen MR) is 76.8 cm³/mol. The van der Waals surface area contributed by atoms with E-state index < -0.39 is 6.10 Å². The highest BCUT2D eigenvalue weighted by molar-refractivity contribution is 6.02. The quantitative estimate of drug-likeness (QED) is 0.735. The molecule has 0 bridgehead atoms. The van der Waals surface area contributed by atoms with Gasteiger partial charge in [-0.05, 0) is 31.4 Å². The first-order valence-corrected chi connectivity index (χ1v) is 6.79. The SMILES string of the molecule is CCOc1ccccc1C(=O)C(OCC)C(C)(C)C. The zero-order valence-electron chi connectivity index (χ0n) is 12.5. The molecule has 0 aliphatic rings. The van der Waals surface area contributed by atoms with Crippen LogP contribution >= 0.6 is 0 Å². The lowest BCUT2D eigenvalue weighted by Gasteiger charge is -2.29. The molecule has 1 unspecified atom stereocenters. The highest BCUT2D eigenvalue weighted by Crippen LogP contribution is 2.29. The Balaban J connectivity index is 3.09. The summed E-state index contributed by atoms with van der Waals surface area (Å²) in [4.78, 5) is 12.7. The number of rotatable bonds is 6. The van der Waals surface area contributed by atoms with Gasteiger partial charge >= 0.3 is 0 Å². The van der Waals surface area contributed by atoms with Gasteiger partial charge in [-0.1, -0.05) is 32.9 Å². The molecule has 1 atom stereocenters. The van der Waals surface area contributed by atoms with Crippen LogP contribution in [0.25, 0.3) is 0 Å². The van der Waals surface area contributed by atoms with Crippen molar-refractivity contribution in [2.45, 2.75) is 40.7 Å². The minimum absolute atomic E-state index is 0.0154. The normalized spacial score (nSPS) is 13.1. The van der Waals surface area contributed by atoms with E-state index in [2.05, 4.69) is 0 Å². The summed E-state index contributed by atoms with van der Waals surface area (Å²) in [6.07, 6.45) is -0.459. The molecule has 3 nitrogen and oxygen atoms in total. The average Bonchev–Trinajstić information content (AvgIpc) is 2.35. The number of para-hydroxylation sites is 1. The van der Waals surface area contributed by atoms with Crippen LogP contribution in [-0.2, 0) is 4.74 Å². The smallest absolute Gasteiger partial charge is 0.195 e. The number of benzene rings is 1. The Morgan fingerprint density at radius 1 is 1.16 bits per heavy atom. The lowest BCUT2D eigenvalue weighted by molar-refractivity contribution is -0.000412. The molecule has 1 aromatic rings. The van der Waals surface area contributed by atoms with E-state index >= 15 is 0 Å². The van der Waals surface area contributed by atoms with Gasteiger partial charge in [0.25, 0.3) is 0 Å². The third-order valence-corrected chi connectivity index (χ3v) is 2.81. The first kappa shape index (κ1) is 15.7. The van der Waals surface area contributed by atoms with E-state index in [4.69, 9.17) is 9.47 Å². The van der Waals surface area contributed by atoms with Crippen molar-refractivity contribution >= 4 is 5.78 Å². The van der Waals surface area contributed by atoms with Crippen LogP contribution in [0.2, 0.25) is 0 Å². The van der Waals surface area contributed by atoms with Crippen LogP contribution in [0.1, 0.15) is 45.0 Å². The van der Waals surface area contributed by atoms with E-state index in [9.17, 15) is 4.79 Å². The van der Waals surface area contributed by atoms with Gasteiger partial charge in [-0.25, -0.2) is 0 Å². The van der Waals surface area contributed by atoms with Crippen molar-refractivity contribution in [3.05, 3.63) is 29.8 Å². The summed E-state index contributed by atoms with van der Waals surface area (Å²) in [5.41, 5.74) is 0.351. The summed E-state index contributed by atoms with van der Waals surface area (Å²) in [7, 11) is 0. The number of ketones is 1. The summed E-state index contributed by atoms with van der Waals surface area (Å²) in [6, 6.07) is 7.34. The topological polar surface area (TPSA) is 35.5 Å². The standard InChI is InChI=1S/C16H24O3/c1-6-18-13-11-9-8-10-12(13)14(17)15(19-7-2)16(3,4)5/h8-11,15H,6-7H2,1-5H3. The minimum Gasteiger partial charge on any atom is -0.493 e. The molecule has 3 heteroatoms. The summed E-state index contributed by atoms with van der Waals surface area (Å²) < 4.78 is 11.2. The average molecular weight is 264 g/mol. The van der Waals surface area contributed by atoms with Crippen molar-refractivity contribution in [2.75, 3.05) is 13.2 Å². The monoisotopic (exact) mass is 264 g/mol. The van der Waals surface area contributed by atoms with Crippen LogP contribution in [0.4, 0.5) is 0 Å². The Morgan fingerprint density at radius 3 is 2.32 bits per heavy atom. The van der Waals surface area contributed by atoms with E-state index in [-0.39, 0.29) is 11.2 Å². The van der Waals surface area contributed by atoms with Gasteiger partial charge in [-0.3, -0.25) is 4.79 Å². The van der Waals surface area contributed by atoms with Crippen LogP contribution in [0.5, 0.6) is 5.75 Å². The molecule has 1 aromatic carbocycles. The van der Waals surface area contributed by atoms with Crippen LogP contribution < -0.4 is 4.74 Å². The fourth-order valence-corrected chi connectivity index (χ4v) is 1.98. The van der Waals surface area contributed by atoms with Crippen LogP contribution in [-0.4, -0.2) is 25.1 Å². The summed E-state index contributed by atoms with van der Waals surface area (Å²) >= 11 is 0. The molecule has 0 aliphatic carbocycles. The van der Waals surface area contributed by atoms with Crippen molar-refractivity contribution in [3.63, 3.8) is 0 Å². The lowest BCUT2D eigenvalue weighted by Crippen LogP contribution is -2.37. The number of Topliss-reactive ketones (excluding diaryl/α,β-unsaturated/α-hetero) is 1. The molecule has 1 rings (SSSR count). The Kier molecular flexibility index (Phi) is 5.55. The zero-order chi connectivity index (χ0) is 14.5. The molecule has 0 saturated heterocycles. The summed E-state index contributed by atoms with van der Waals surface area (Å²) in [5.74, 6) is 0.613. The zero-order valence-corrected chi connectivity index (χ0v) is 12.5. The van der Waals surface area contributed by atoms with Gasteiger partial charge in [0, 0.05) is 6.61 Å². The molecule has 0 heterocycles. The molecule has 19 heavy (non-hydrogen) atoms. The molecular formula is C16H24O3. The lowest BCUT2D eigenvalue weighted by atomic mass is 9.84. The molecule has 0 N–H and O–H groups in total. The number of carbonyl (C=O) groups is 1. The minimum atomic E-state index is -0.459. The van der Waals surface area contributed by atoms with Crippen molar-refractivity contribution in [1.29, 1.82) is 0 Å². The number of hydrogen-bond donors (Lipinski definition) is 0. The molecule has 0 fully saturated rings. The van der Waals surface area contributed by atoms with Gasteiger partial charge in [-0.15, -0.1) is 0 Å². The van der Waals surface area contributed by atoms with Gasteiger partial charge in [0.15, 0.2) is 5.78 Å². The maximum atomic E-state index is 12.7. The van der Waals surface area contributed by atoms with Crippen molar-refractivity contribution in [1.82, 2.24) is 0 Å². The van der Waals surface area contributed by atoms with E-state index in [1.54, 1.807) is 6.07 Å². The fourth-order valence-electron chi connectivity index (χ4n) is 1.98. The van der Waals surface area contributed by atoms with E-state index in [1.165, 1.54) is 0 Å². The number of ether oxygens (including phenoxy) is 2. The molecule has 0 aliphatic heterocycles. The second-order valence-corrected chi connectivity index (χ2v) is 5.49. The first-order chi connectivity index (χ1) is 8.91. The maximum absolute atomic E-state index is 12.7. The molecule has 0 amide bonds. The summed E-state index contributed by atoms with van der Waals surface area (Å²) in [6.45, 7) is 10.9. The first-order valence-electron chi connectivity index (χ1n) is 6.79. The maximum Gasteiger partial charge on any atom is 0.195 e. The van der Waals surface area contributed by atoms with Gasteiger partial charge in [0.1, 0.15) is 11.9 Å².